The summed E-state index contributed by atoms with van der Waals surface area (Å²) in [6.07, 6.45) is 0. The molecule has 1 aliphatic heterocycles. The maximum atomic E-state index is 12.5. The molecular weight excluding hydrogens is 407 g/mol. The highest BCUT2D eigenvalue weighted by Gasteiger charge is 2.29. The van der Waals surface area contributed by atoms with Crippen molar-refractivity contribution in [2.24, 2.45) is 0 Å². The molecule has 0 unspecified atom stereocenters. The van der Waals surface area contributed by atoms with Gasteiger partial charge in [-0.1, -0.05) is 0 Å². The fourth-order valence-electron chi connectivity index (χ4n) is 2.15. The molecule has 5 heteroatoms. The molecule has 0 radical (unpaired) electrons. The normalized spacial score (nSPS) is 18.8. The van der Waals surface area contributed by atoms with Gasteiger partial charge in [0.15, 0.2) is 0 Å². The van der Waals surface area contributed by atoms with Gasteiger partial charge in [0.25, 0.3) is 5.91 Å². The first-order valence-corrected chi connectivity index (χ1v) is 7.76. The molecule has 3 nitrogen and oxygen atoms in total. The Balaban J connectivity index is 2.23. The summed E-state index contributed by atoms with van der Waals surface area (Å²) in [6, 6.07) is 5.85. The van der Waals surface area contributed by atoms with Gasteiger partial charge >= 0.3 is 0 Å². The second-order valence-corrected chi connectivity index (χ2v) is 7.26. The Labute approximate surface area is 130 Å². The molecule has 0 bridgehead atoms. The van der Waals surface area contributed by atoms with E-state index in [2.05, 4.69) is 57.7 Å². The number of hydrogen-bond acceptors (Lipinski definition) is 2. The zero-order valence-corrected chi connectivity index (χ0v) is 14.2. The monoisotopic (exact) mass is 422 g/mol. The highest BCUT2D eigenvalue weighted by molar-refractivity contribution is 14.1. The van der Waals surface area contributed by atoms with Gasteiger partial charge in [0.1, 0.15) is 0 Å². The fraction of sp³-hybridized carbons (Fsp3) is 0.462. The Hall–Kier alpha value is -0.140. The van der Waals surface area contributed by atoms with Crippen molar-refractivity contribution < 1.29 is 4.79 Å². The van der Waals surface area contributed by atoms with Crippen LogP contribution in [0, 0.1) is 3.57 Å². The molecule has 0 aliphatic carbocycles. The third kappa shape index (κ3) is 3.24. The predicted octanol–water partition coefficient (Wildman–Crippen LogP) is 2.88. The summed E-state index contributed by atoms with van der Waals surface area (Å²) in [5.74, 6) is 0.106. The lowest BCUT2D eigenvalue weighted by Gasteiger charge is -2.39. The Bertz CT molecular complexity index is 476. The number of hydrogen-bond donors (Lipinski definition) is 1. The van der Waals surface area contributed by atoms with Crippen LogP contribution in [0.15, 0.2) is 22.7 Å². The van der Waals surface area contributed by atoms with Crippen LogP contribution in [0.3, 0.4) is 0 Å². The molecule has 2 rings (SSSR count). The van der Waals surface area contributed by atoms with Crippen LogP contribution in [0.5, 0.6) is 0 Å². The molecule has 1 aromatic rings. The van der Waals surface area contributed by atoms with Crippen LogP contribution >= 0.6 is 38.5 Å². The molecule has 1 amide bonds. The van der Waals surface area contributed by atoms with E-state index in [1.807, 2.05) is 23.1 Å². The van der Waals surface area contributed by atoms with Crippen molar-refractivity contribution in [3.63, 3.8) is 0 Å². The van der Waals surface area contributed by atoms with Gasteiger partial charge in [0, 0.05) is 33.2 Å². The molecule has 1 N–H and O–H groups in total. The van der Waals surface area contributed by atoms with Gasteiger partial charge in [0.05, 0.1) is 5.56 Å². The Morgan fingerprint density at radius 2 is 2.22 bits per heavy atom. The average Bonchev–Trinajstić information content (AvgIpc) is 2.30. The molecule has 18 heavy (non-hydrogen) atoms. The SMILES string of the molecule is CC1(C)CN(C(=O)c2cc(I)ccc2Br)CCN1. The van der Waals surface area contributed by atoms with Gasteiger partial charge in [-0.05, 0) is 70.6 Å². The number of piperazine rings is 1. The van der Waals surface area contributed by atoms with E-state index in [1.54, 1.807) is 0 Å². The Morgan fingerprint density at radius 3 is 2.89 bits per heavy atom. The summed E-state index contributed by atoms with van der Waals surface area (Å²) < 4.78 is 1.94. The van der Waals surface area contributed by atoms with Crippen LogP contribution < -0.4 is 5.32 Å². The Kier molecular flexibility index (Phi) is 4.33. The summed E-state index contributed by atoms with van der Waals surface area (Å²) in [5, 5.41) is 3.41. The van der Waals surface area contributed by atoms with E-state index in [0.717, 1.165) is 33.2 Å². The quantitative estimate of drug-likeness (QED) is 0.706. The summed E-state index contributed by atoms with van der Waals surface area (Å²) in [6.45, 7) is 6.59. The van der Waals surface area contributed by atoms with Crippen LogP contribution in [0.1, 0.15) is 24.2 Å². The van der Waals surface area contributed by atoms with Crippen molar-refractivity contribution in [2.45, 2.75) is 19.4 Å². The minimum absolute atomic E-state index is 0.0116. The van der Waals surface area contributed by atoms with E-state index in [-0.39, 0.29) is 11.4 Å². The van der Waals surface area contributed by atoms with Crippen molar-refractivity contribution in [2.75, 3.05) is 19.6 Å². The largest absolute Gasteiger partial charge is 0.336 e. The van der Waals surface area contributed by atoms with Crippen molar-refractivity contribution in [3.05, 3.63) is 31.8 Å². The molecule has 0 spiro atoms. The first kappa shape index (κ1) is 14.3. The second-order valence-electron chi connectivity index (χ2n) is 5.16. The van der Waals surface area contributed by atoms with E-state index < -0.39 is 0 Å². The molecule has 0 aromatic heterocycles. The minimum Gasteiger partial charge on any atom is -0.336 e. The van der Waals surface area contributed by atoms with Crippen LogP contribution in [0.25, 0.3) is 0 Å². The van der Waals surface area contributed by atoms with Crippen LogP contribution in [-0.4, -0.2) is 36.0 Å². The summed E-state index contributed by atoms with van der Waals surface area (Å²) >= 11 is 5.69. The lowest BCUT2D eigenvalue weighted by Crippen LogP contribution is -2.58. The molecule has 1 fully saturated rings. The molecule has 1 aromatic carbocycles. The smallest absolute Gasteiger partial charge is 0.255 e. The first-order chi connectivity index (χ1) is 8.39. The standard InChI is InChI=1S/C13H16BrIN2O/c1-13(2)8-17(6-5-16-13)12(18)10-7-9(15)3-4-11(10)14/h3-4,7,16H,5-6,8H2,1-2H3. The zero-order chi connectivity index (χ0) is 13.3. The highest BCUT2D eigenvalue weighted by atomic mass is 127. The van der Waals surface area contributed by atoms with Crippen LogP contribution in [0.2, 0.25) is 0 Å². The summed E-state index contributed by atoms with van der Waals surface area (Å²) in [5.41, 5.74) is 0.738. The van der Waals surface area contributed by atoms with Crippen molar-refractivity contribution in [1.29, 1.82) is 0 Å². The number of carbonyl (C=O) groups excluding carboxylic acids is 1. The lowest BCUT2D eigenvalue weighted by molar-refractivity contribution is 0.0651. The van der Waals surface area contributed by atoms with Gasteiger partial charge < -0.3 is 10.2 Å². The van der Waals surface area contributed by atoms with Crippen LogP contribution in [-0.2, 0) is 0 Å². The number of nitrogens with one attached hydrogen (secondary N) is 1. The number of nitrogens with zero attached hydrogens (tertiary/aromatic N) is 1. The molecular formula is C13H16BrIN2O. The molecule has 0 atom stereocenters. The van der Waals surface area contributed by atoms with Crippen molar-refractivity contribution in [3.8, 4) is 0 Å². The highest BCUT2D eigenvalue weighted by Crippen LogP contribution is 2.22. The van der Waals surface area contributed by atoms with Gasteiger partial charge in [-0.3, -0.25) is 4.79 Å². The van der Waals surface area contributed by atoms with Gasteiger partial charge in [-0.2, -0.15) is 0 Å². The maximum Gasteiger partial charge on any atom is 0.255 e. The van der Waals surface area contributed by atoms with Crippen molar-refractivity contribution >= 4 is 44.4 Å². The van der Waals surface area contributed by atoms with Crippen LogP contribution in [0.4, 0.5) is 0 Å². The molecule has 1 aliphatic rings. The first-order valence-electron chi connectivity index (χ1n) is 5.88. The molecule has 1 saturated heterocycles. The van der Waals surface area contributed by atoms with E-state index in [1.165, 1.54) is 0 Å². The van der Waals surface area contributed by atoms with E-state index >= 15 is 0 Å². The number of carbonyl (C=O) groups is 1. The maximum absolute atomic E-state index is 12.5. The topological polar surface area (TPSA) is 32.3 Å². The Morgan fingerprint density at radius 1 is 1.50 bits per heavy atom. The van der Waals surface area contributed by atoms with Crippen molar-refractivity contribution in [1.82, 2.24) is 10.2 Å². The van der Waals surface area contributed by atoms with Gasteiger partial charge in [-0.15, -0.1) is 0 Å². The summed E-state index contributed by atoms with van der Waals surface area (Å²) in [7, 11) is 0. The number of benzene rings is 1. The number of rotatable bonds is 1. The summed E-state index contributed by atoms with van der Waals surface area (Å²) in [4.78, 5) is 14.4. The zero-order valence-electron chi connectivity index (χ0n) is 10.5. The lowest BCUT2D eigenvalue weighted by atomic mass is 10.0. The predicted molar refractivity (Wildman–Crippen MR) is 84.8 cm³/mol. The fourth-order valence-corrected chi connectivity index (χ4v) is 3.05. The minimum atomic E-state index is -0.0116. The van der Waals surface area contributed by atoms with E-state index in [4.69, 9.17) is 0 Å². The third-order valence-electron chi connectivity index (χ3n) is 3.02. The van der Waals surface area contributed by atoms with Gasteiger partial charge in [-0.25, -0.2) is 0 Å². The van der Waals surface area contributed by atoms with E-state index in [0.29, 0.717) is 0 Å². The van der Waals surface area contributed by atoms with E-state index in [9.17, 15) is 4.79 Å². The molecule has 1 heterocycles. The molecule has 0 saturated carbocycles. The second kappa shape index (κ2) is 5.46. The number of halogens is 2. The average molecular weight is 423 g/mol. The number of amides is 1. The third-order valence-corrected chi connectivity index (χ3v) is 4.38. The van der Waals surface area contributed by atoms with Gasteiger partial charge in [0.2, 0.25) is 0 Å². The molecule has 98 valence electrons.